The van der Waals surface area contributed by atoms with Gasteiger partial charge in [0.15, 0.2) is 0 Å². The lowest BCUT2D eigenvalue weighted by atomic mass is 10.1. The summed E-state index contributed by atoms with van der Waals surface area (Å²) >= 11 is 0. The number of pyridine rings is 1. The Morgan fingerprint density at radius 1 is 1.03 bits per heavy atom. The molecule has 0 radical (unpaired) electrons. The number of anilines is 1. The highest BCUT2D eigenvalue weighted by molar-refractivity contribution is 7.89. The van der Waals surface area contributed by atoms with Crippen LogP contribution in [0.5, 0.6) is 0 Å². The molecule has 4 rings (SSSR count). The smallest absolute Gasteiger partial charge is 0.321 e. The summed E-state index contributed by atoms with van der Waals surface area (Å²) in [5, 5.41) is 2.98. The summed E-state index contributed by atoms with van der Waals surface area (Å²) in [6.45, 7) is 0.892. The van der Waals surface area contributed by atoms with Crippen molar-refractivity contribution in [1.29, 1.82) is 0 Å². The third kappa shape index (κ3) is 4.26. The fraction of sp³-hybridized carbons (Fsp3) is 0.238. The molecule has 2 heterocycles. The van der Waals surface area contributed by atoms with Gasteiger partial charge in [-0.25, -0.2) is 8.42 Å². The van der Waals surface area contributed by atoms with E-state index >= 15 is 0 Å². The molecule has 1 aliphatic heterocycles. The van der Waals surface area contributed by atoms with Gasteiger partial charge in [0.1, 0.15) is 0 Å². The molecule has 0 spiro atoms. The quantitative estimate of drug-likeness (QED) is 0.645. The highest BCUT2D eigenvalue weighted by Crippen LogP contribution is 2.32. The van der Waals surface area contributed by atoms with E-state index in [-0.39, 0.29) is 21.7 Å². The van der Waals surface area contributed by atoms with Gasteiger partial charge in [-0.3, -0.25) is 9.78 Å². The average Bonchev–Trinajstić information content (AvgIpc) is 3.29. The number of halogens is 3. The van der Waals surface area contributed by atoms with Gasteiger partial charge in [-0.1, -0.05) is 12.1 Å². The molecule has 0 aliphatic carbocycles. The molecule has 6 nitrogen and oxygen atoms in total. The van der Waals surface area contributed by atoms with E-state index in [4.69, 9.17) is 0 Å². The van der Waals surface area contributed by atoms with E-state index in [1.807, 2.05) is 0 Å². The van der Waals surface area contributed by atoms with Crippen molar-refractivity contribution in [2.24, 2.45) is 0 Å². The van der Waals surface area contributed by atoms with Crippen molar-refractivity contribution < 1.29 is 26.4 Å². The van der Waals surface area contributed by atoms with Gasteiger partial charge >= 0.3 is 6.18 Å². The molecule has 1 saturated heterocycles. The van der Waals surface area contributed by atoms with Crippen molar-refractivity contribution in [3.05, 3.63) is 65.9 Å². The molecule has 162 valence electrons. The number of hydrogen-bond donors (Lipinski definition) is 1. The number of benzene rings is 2. The van der Waals surface area contributed by atoms with Crippen molar-refractivity contribution in [3.63, 3.8) is 0 Å². The van der Waals surface area contributed by atoms with Gasteiger partial charge in [0.25, 0.3) is 5.91 Å². The first-order valence-electron chi connectivity index (χ1n) is 9.54. The summed E-state index contributed by atoms with van der Waals surface area (Å²) < 4.78 is 65.7. The predicted octanol–water partition coefficient (Wildman–Crippen LogP) is 4.29. The molecule has 3 aromatic rings. The van der Waals surface area contributed by atoms with Crippen LogP contribution in [0.1, 0.15) is 28.8 Å². The van der Waals surface area contributed by atoms with Crippen LogP contribution in [0.3, 0.4) is 0 Å². The van der Waals surface area contributed by atoms with Crippen molar-refractivity contribution in [2.45, 2.75) is 23.9 Å². The maximum Gasteiger partial charge on any atom is 0.416 e. The first-order chi connectivity index (χ1) is 14.7. The average molecular weight is 449 g/mol. The maximum atomic E-state index is 12.9. The molecular weight excluding hydrogens is 431 g/mol. The number of carbonyl (C=O) groups is 1. The second-order valence-corrected chi connectivity index (χ2v) is 9.12. The van der Waals surface area contributed by atoms with Crippen molar-refractivity contribution in [1.82, 2.24) is 9.29 Å². The molecule has 31 heavy (non-hydrogen) atoms. The predicted molar refractivity (Wildman–Crippen MR) is 109 cm³/mol. The summed E-state index contributed by atoms with van der Waals surface area (Å²) in [5.41, 5.74) is -0.359. The molecule has 0 saturated carbocycles. The molecule has 0 unspecified atom stereocenters. The standard InChI is InChI=1S/C21H18F3N3O3S/c22-21(23,24)15-6-7-17-18(8-9-25-19(17)13-15)26-20(28)14-4-3-5-16(12-14)31(29,30)27-10-1-2-11-27/h3-9,12-13H,1-2,10-11H2,(H,25,26,28). The zero-order valence-corrected chi connectivity index (χ0v) is 17.0. The number of rotatable bonds is 4. The van der Waals surface area contributed by atoms with Crippen LogP contribution in [0, 0.1) is 0 Å². The number of alkyl halides is 3. The number of carbonyl (C=O) groups excluding carboxylic acids is 1. The minimum Gasteiger partial charge on any atom is -0.321 e. The molecule has 1 aromatic heterocycles. The van der Waals surface area contributed by atoms with Crippen LogP contribution >= 0.6 is 0 Å². The minimum atomic E-state index is -4.50. The number of aromatic nitrogens is 1. The third-order valence-electron chi connectivity index (χ3n) is 5.12. The summed E-state index contributed by atoms with van der Waals surface area (Å²) in [5.74, 6) is -0.578. The van der Waals surface area contributed by atoms with E-state index in [2.05, 4.69) is 10.3 Å². The van der Waals surface area contributed by atoms with E-state index < -0.39 is 27.7 Å². The Morgan fingerprint density at radius 3 is 2.48 bits per heavy atom. The van der Waals surface area contributed by atoms with E-state index in [0.29, 0.717) is 18.5 Å². The second kappa shape index (κ2) is 7.93. The van der Waals surface area contributed by atoms with Crippen molar-refractivity contribution in [2.75, 3.05) is 18.4 Å². The van der Waals surface area contributed by atoms with Crippen LogP contribution in [0.25, 0.3) is 10.9 Å². The zero-order valence-electron chi connectivity index (χ0n) is 16.2. The van der Waals surface area contributed by atoms with Crippen LogP contribution in [-0.4, -0.2) is 36.7 Å². The van der Waals surface area contributed by atoms with Crippen LogP contribution < -0.4 is 5.32 Å². The maximum absolute atomic E-state index is 12.9. The molecule has 2 aromatic carbocycles. The van der Waals surface area contributed by atoms with Gasteiger partial charge in [-0.05, 0) is 49.2 Å². The number of fused-ring (bicyclic) bond motifs is 1. The molecule has 1 aliphatic rings. The van der Waals surface area contributed by atoms with Crippen molar-refractivity contribution >= 4 is 32.5 Å². The lowest BCUT2D eigenvalue weighted by Gasteiger charge is -2.16. The van der Waals surface area contributed by atoms with Crippen LogP contribution in [0.2, 0.25) is 0 Å². The zero-order chi connectivity index (χ0) is 22.2. The summed E-state index contributed by atoms with van der Waals surface area (Å²) in [6, 6.07) is 10.2. The van der Waals surface area contributed by atoms with E-state index in [1.165, 1.54) is 46.9 Å². The molecular formula is C21H18F3N3O3S. The molecule has 1 amide bonds. The monoisotopic (exact) mass is 449 g/mol. The van der Waals surface area contributed by atoms with Crippen molar-refractivity contribution in [3.8, 4) is 0 Å². The first-order valence-corrected chi connectivity index (χ1v) is 11.0. The molecule has 1 fully saturated rings. The van der Waals surface area contributed by atoms with Gasteiger partial charge in [-0.15, -0.1) is 0 Å². The van der Waals surface area contributed by atoms with Gasteiger partial charge in [0.2, 0.25) is 10.0 Å². The van der Waals surface area contributed by atoms with Gasteiger partial charge in [0.05, 0.1) is 21.7 Å². The minimum absolute atomic E-state index is 0.0245. The molecule has 10 heteroatoms. The highest BCUT2D eigenvalue weighted by atomic mass is 32.2. The second-order valence-electron chi connectivity index (χ2n) is 7.18. The largest absolute Gasteiger partial charge is 0.416 e. The van der Waals surface area contributed by atoms with Gasteiger partial charge < -0.3 is 5.32 Å². The summed E-state index contributed by atoms with van der Waals surface area (Å²) in [6.07, 6.45) is -1.61. The molecule has 1 N–H and O–H groups in total. The molecule has 0 bridgehead atoms. The Balaban J connectivity index is 1.62. The highest BCUT2D eigenvalue weighted by Gasteiger charge is 2.31. The Bertz CT molecular complexity index is 1250. The van der Waals surface area contributed by atoms with Crippen LogP contribution in [0.15, 0.2) is 59.6 Å². The Kier molecular flexibility index (Phi) is 5.44. The number of nitrogens with one attached hydrogen (secondary N) is 1. The Hall–Kier alpha value is -2.98. The van der Waals surface area contributed by atoms with Crippen LogP contribution in [0.4, 0.5) is 18.9 Å². The Morgan fingerprint density at radius 2 is 1.77 bits per heavy atom. The first kappa shape index (κ1) is 21.3. The SMILES string of the molecule is O=C(Nc1ccnc2cc(C(F)(F)F)ccc12)c1cccc(S(=O)(=O)N2CCCC2)c1. The molecule has 0 atom stereocenters. The topological polar surface area (TPSA) is 79.4 Å². The third-order valence-corrected chi connectivity index (χ3v) is 7.01. The number of sulfonamides is 1. The lowest BCUT2D eigenvalue weighted by Crippen LogP contribution is -2.28. The normalized spacial score (nSPS) is 15.3. The van der Waals surface area contributed by atoms with E-state index in [9.17, 15) is 26.4 Å². The lowest BCUT2D eigenvalue weighted by molar-refractivity contribution is -0.137. The van der Waals surface area contributed by atoms with Gasteiger partial charge in [-0.2, -0.15) is 17.5 Å². The summed E-state index contributed by atoms with van der Waals surface area (Å²) in [7, 11) is -3.68. The van der Waals surface area contributed by atoms with Gasteiger partial charge in [0, 0.05) is 30.2 Å². The fourth-order valence-corrected chi connectivity index (χ4v) is 5.07. The van der Waals surface area contributed by atoms with E-state index in [1.54, 1.807) is 0 Å². The number of hydrogen-bond acceptors (Lipinski definition) is 4. The number of nitrogens with zero attached hydrogens (tertiary/aromatic N) is 2. The summed E-state index contributed by atoms with van der Waals surface area (Å²) in [4.78, 5) is 16.7. The van der Waals surface area contributed by atoms with E-state index in [0.717, 1.165) is 25.0 Å². The fourth-order valence-electron chi connectivity index (χ4n) is 3.50. The number of amides is 1. The van der Waals surface area contributed by atoms with Crippen LogP contribution in [-0.2, 0) is 16.2 Å². The Labute approximate surface area is 176 Å².